The van der Waals surface area contributed by atoms with Crippen molar-refractivity contribution in [2.24, 2.45) is 0 Å². The first-order chi connectivity index (χ1) is 8.77. The third kappa shape index (κ3) is 1.61. The van der Waals surface area contributed by atoms with Crippen LogP contribution in [0, 0.1) is 5.82 Å². The van der Waals surface area contributed by atoms with E-state index in [0.717, 1.165) is 5.39 Å². The van der Waals surface area contributed by atoms with E-state index < -0.39 is 5.82 Å². The topological polar surface area (TPSA) is 22.0 Å². The van der Waals surface area contributed by atoms with Crippen LogP contribution in [0.5, 0.6) is 0 Å². The summed E-state index contributed by atoms with van der Waals surface area (Å²) in [5.41, 5.74) is 0.744. The predicted octanol–water partition coefficient (Wildman–Crippen LogP) is 3.13. The van der Waals surface area contributed by atoms with Gasteiger partial charge in [-0.3, -0.25) is 9.36 Å². The van der Waals surface area contributed by atoms with Gasteiger partial charge in [0.05, 0.1) is 11.2 Å². The molecular weight excluding hydrogens is 229 g/mol. The zero-order chi connectivity index (χ0) is 12.5. The molecule has 0 amide bonds. The largest absolute Gasteiger partial charge is 0.274 e. The van der Waals surface area contributed by atoms with E-state index >= 15 is 0 Å². The normalized spacial score (nSPS) is 10.7. The van der Waals surface area contributed by atoms with Gasteiger partial charge in [0.2, 0.25) is 0 Å². The van der Waals surface area contributed by atoms with Crippen molar-refractivity contribution < 1.29 is 4.39 Å². The minimum Gasteiger partial charge on any atom is -0.274 e. The Morgan fingerprint density at radius 3 is 2.39 bits per heavy atom. The summed E-state index contributed by atoms with van der Waals surface area (Å²) in [6, 6.07) is 16.9. The maximum Gasteiger partial charge on any atom is 0.255 e. The number of fused-ring (bicyclic) bond motifs is 1. The molecule has 88 valence electrons. The lowest BCUT2D eigenvalue weighted by molar-refractivity contribution is 0.618. The molecule has 2 nitrogen and oxygen atoms in total. The van der Waals surface area contributed by atoms with E-state index in [-0.39, 0.29) is 11.2 Å². The van der Waals surface area contributed by atoms with E-state index in [4.69, 9.17) is 0 Å². The summed E-state index contributed by atoms with van der Waals surface area (Å²) in [5.74, 6) is -0.407. The molecule has 0 saturated heterocycles. The van der Waals surface area contributed by atoms with Gasteiger partial charge in [0.25, 0.3) is 5.56 Å². The zero-order valence-corrected chi connectivity index (χ0v) is 9.51. The summed E-state index contributed by atoms with van der Waals surface area (Å²) in [6.07, 6.45) is 0. The van der Waals surface area contributed by atoms with E-state index in [1.54, 1.807) is 24.3 Å². The average Bonchev–Trinajstić information content (AvgIpc) is 2.40. The Balaban J connectivity index is 2.46. The third-order valence-electron chi connectivity index (χ3n) is 2.90. The van der Waals surface area contributed by atoms with Crippen LogP contribution < -0.4 is 5.56 Å². The first kappa shape index (κ1) is 10.7. The highest BCUT2D eigenvalue weighted by atomic mass is 19.1. The minimum atomic E-state index is -0.407. The van der Waals surface area contributed by atoms with E-state index in [0.29, 0.717) is 5.52 Å². The highest BCUT2D eigenvalue weighted by Crippen LogP contribution is 2.17. The molecule has 0 aliphatic carbocycles. The van der Waals surface area contributed by atoms with Crippen molar-refractivity contribution in [3.8, 4) is 5.69 Å². The highest BCUT2D eigenvalue weighted by Gasteiger charge is 2.08. The Morgan fingerprint density at radius 2 is 1.56 bits per heavy atom. The summed E-state index contributed by atoms with van der Waals surface area (Å²) < 4.78 is 15.2. The number of benzene rings is 2. The number of para-hydroxylation sites is 2. The quantitative estimate of drug-likeness (QED) is 0.639. The van der Waals surface area contributed by atoms with Gasteiger partial charge in [-0.15, -0.1) is 0 Å². The Morgan fingerprint density at radius 1 is 0.833 bits per heavy atom. The lowest BCUT2D eigenvalue weighted by atomic mass is 10.2. The summed E-state index contributed by atoms with van der Waals surface area (Å²) in [6.45, 7) is 0. The van der Waals surface area contributed by atoms with Crippen LogP contribution in [0.25, 0.3) is 16.6 Å². The number of hydrogen-bond acceptors (Lipinski definition) is 1. The van der Waals surface area contributed by atoms with Crippen LogP contribution in [0.1, 0.15) is 0 Å². The third-order valence-corrected chi connectivity index (χ3v) is 2.90. The minimum absolute atomic E-state index is 0.237. The number of aromatic nitrogens is 1. The Labute approximate surface area is 103 Å². The second-order valence-corrected chi connectivity index (χ2v) is 4.02. The molecule has 0 N–H and O–H groups in total. The maximum atomic E-state index is 13.8. The molecule has 3 heteroatoms. The molecule has 0 atom stereocenters. The van der Waals surface area contributed by atoms with Gasteiger partial charge in [-0.1, -0.05) is 30.3 Å². The van der Waals surface area contributed by atoms with Crippen LogP contribution in [0.2, 0.25) is 0 Å². The fraction of sp³-hybridized carbons (Fsp3) is 0. The number of nitrogens with zero attached hydrogens (tertiary/aromatic N) is 1. The van der Waals surface area contributed by atoms with Crippen molar-refractivity contribution in [3.05, 3.63) is 76.8 Å². The molecule has 0 bridgehead atoms. The van der Waals surface area contributed by atoms with Crippen molar-refractivity contribution in [2.45, 2.75) is 0 Å². The molecule has 1 aromatic heterocycles. The smallest absolute Gasteiger partial charge is 0.255 e. The summed E-state index contributed by atoms with van der Waals surface area (Å²) in [5, 5.41) is 0.903. The van der Waals surface area contributed by atoms with Crippen LogP contribution >= 0.6 is 0 Å². The van der Waals surface area contributed by atoms with Crippen molar-refractivity contribution in [2.75, 3.05) is 0 Å². The van der Waals surface area contributed by atoms with Crippen LogP contribution in [-0.2, 0) is 0 Å². The molecule has 18 heavy (non-hydrogen) atoms. The highest BCUT2D eigenvalue weighted by molar-refractivity contribution is 5.80. The molecule has 0 radical (unpaired) electrons. The summed E-state index contributed by atoms with van der Waals surface area (Å²) in [7, 11) is 0. The van der Waals surface area contributed by atoms with Gasteiger partial charge >= 0.3 is 0 Å². The van der Waals surface area contributed by atoms with Gasteiger partial charge in [0, 0.05) is 6.07 Å². The number of rotatable bonds is 1. The van der Waals surface area contributed by atoms with E-state index in [9.17, 15) is 9.18 Å². The summed E-state index contributed by atoms with van der Waals surface area (Å²) >= 11 is 0. The second-order valence-electron chi connectivity index (χ2n) is 4.02. The number of halogens is 1. The first-order valence-corrected chi connectivity index (χ1v) is 5.63. The van der Waals surface area contributed by atoms with Crippen LogP contribution in [-0.4, -0.2) is 4.57 Å². The van der Waals surface area contributed by atoms with E-state index in [2.05, 4.69) is 0 Å². The number of pyridine rings is 1. The molecule has 1 heterocycles. The van der Waals surface area contributed by atoms with Crippen molar-refractivity contribution in [1.29, 1.82) is 0 Å². The van der Waals surface area contributed by atoms with Gasteiger partial charge in [-0.05, 0) is 29.7 Å². The Bertz CT molecular complexity index is 777. The molecule has 3 rings (SSSR count). The van der Waals surface area contributed by atoms with E-state index in [1.165, 1.54) is 16.7 Å². The van der Waals surface area contributed by atoms with Gasteiger partial charge in [0.15, 0.2) is 0 Å². The Hall–Kier alpha value is -2.42. The predicted molar refractivity (Wildman–Crippen MR) is 69.5 cm³/mol. The van der Waals surface area contributed by atoms with E-state index in [1.807, 2.05) is 24.3 Å². The molecule has 0 fully saturated rings. The molecule has 0 spiro atoms. The molecule has 2 aromatic carbocycles. The molecule has 0 unspecified atom stereocenters. The van der Waals surface area contributed by atoms with Gasteiger partial charge < -0.3 is 0 Å². The van der Waals surface area contributed by atoms with Crippen LogP contribution in [0.3, 0.4) is 0 Å². The fourth-order valence-corrected chi connectivity index (χ4v) is 2.07. The van der Waals surface area contributed by atoms with Crippen molar-refractivity contribution in [1.82, 2.24) is 4.57 Å². The standard InChI is InChI=1S/C15H10FNO/c16-12-6-2-4-8-14(12)17-13-7-3-1-5-11(13)9-10-15(17)18/h1-10H. The van der Waals surface area contributed by atoms with Gasteiger partial charge in [0.1, 0.15) is 5.82 Å². The van der Waals surface area contributed by atoms with Crippen LogP contribution in [0.4, 0.5) is 4.39 Å². The average molecular weight is 239 g/mol. The van der Waals surface area contributed by atoms with Gasteiger partial charge in [-0.25, -0.2) is 4.39 Å². The molecule has 0 saturated carbocycles. The van der Waals surface area contributed by atoms with Crippen molar-refractivity contribution >= 4 is 10.9 Å². The van der Waals surface area contributed by atoms with Gasteiger partial charge in [-0.2, -0.15) is 0 Å². The fourth-order valence-electron chi connectivity index (χ4n) is 2.07. The Kier molecular flexibility index (Phi) is 2.45. The second kappa shape index (κ2) is 4.11. The summed E-state index contributed by atoms with van der Waals surface area (Å²) in [4.78, 5) is 12.0. The molecule has 0 aliphatic rings. The lowest BCUT2D eigenvalue weighted by Gasteiger charge is -2.10. The van der Waals surface area contributed by atoms with Crippen molar-refractivity contribution in [3.63, 3.8) is 0 Å². The molecular formula is C15H10FNO. The maximum absolute atomic E-state index is 13.8. The lowest BCUT2D eigenvalue weighted by Crippen LogP contribution is -2.18. The van der Waals surface area contributed by atoms with Crippen LogP contribution in [0.15, 0.2) is 65.5 Å². The molecule has 3 aromatic rings. The zero-order valence-electron chi connectivity index (χ0n) is 9.51. The number of hydrogen-bond donors (Lipinski definition) is 0. The SMILES string of the molecule is O=c1ccc2ccccc2n1-c1ccccc1F. The monoisotopic (exact) mass is 239 g/mol. The molecule has 0 aliphatic heterocycles. The first-order valence-electron chi connectivity index (χ1n) is 5.63.